The van der Waals surface area contributed by atoms with Crippen LogP contribution in [0.3, 0.4) is 0 Å². The molecule has 0 aromatic heterocycles. The second-order valence-electron chi connectivity index (χ2n) is 4.90. The molecule has 20 heavy (non-hydrogen) atoms. The molecule has 2 aromatic rings. The quantitative estimate of drug-likeness (QED) is 0.735. The Morgan fingerprint density at radius 2 is 1.60 bits per heavy atom. The van der Waals surface area contributed by atoms with Gasteiger partial charge in [-0.1, -0.05) is 41.9 Å². The molecule has 2 rings (SSSR count). The van der Waals surface area contributed by atoms with Crippen LogP contribution in [0.1, 0.15) is 37.1 Å². The van der Waals surface area contributed by atoms with E-state index in [0.717, 1.165) is 10.6 Å². The van der Waals surface area contributed by atoms with E-state index in [1.54, 1.807) is 11.8 Å². The summed E-state index contributed by atoms with van der Waals surface area (Å²) < 4.78 is 0. The smallest absolute Gasteiger partial charge is 0.0453 e. The van der Waals surface area contributed by atoms with Crippen molar-refractivity contribution in [2.24, 2.45) is 0 Å². The van der Waals surface area contributed by atoms with Gasteiger partial charge in [0.1, 0.15) is 0 Å². The van der Waals surface area contributed by atoms with Crippen molar-refractivity contribution in [2.75, 3.05) is 6.26 Å². The van der Waals surface area contributed by atoms with E-state index in [4.69, 9.17) is 11.6 Å². The number of hydrogen-bond donors (Lipinski definition) is 1. The second-order valence-corrected chi connectivity index (χ2v) is 6.19. The summed E-state index contributed by atoms with van der Waals surface area (Å²) in [6.07, 6.45) is 2.09. The van der Waals surface area contributed by atoms with E-state index in [2.05, 4.69) is 55.8 Å². The Balaban J connectivity index is 2.06. The van der Waals surface area contributed by atoms with Gasteiger partial charge < -0.3 is 5.32 Å². The van der Waals surface area contributed by atoms with Crippen LogP contribution in [0.25, 0.3) is 0 Å². The van der Waals surface area contributed by atoms with Gasteiger partial charge in [0.25, 0.3) is 0 Å². The number of rotatable bonds is 5. The number of nitrogens with one attached hydrogen (secondary N) is 1. The molecule has 0 aliphatic rings. The normalized spacial score (nSPS) is 14.0. The van der Waals surface area contributed by atoms with Gasteiger partial charge in [0.15, 0.2) is 0 Å². The molecule has 0 radical (unpaired) electrons. The fourth-order valence-electron chi connectivity index (χ4n) is 2.28. The minimum atomic E-state index is 0.221. The topological polar surface area (TPSA) is 12.0 Å². The van der Waals surface area contributed by atoms with Crippen LogP contribution in [0, 0.1) is 0 Å². The predicted molar refractivity (Wildman–Crippen MR) is 89.6 cm³/mol. The SMILES string of the molecule is CSc1ccc(C(C)N[C@@H](C)c2ccccc2Cl)cc1. The summed E-state index contributed by atoms with van der Waals surface area (Å²) in [5.74, 6) is 0. The molecule has 1 nitrogen and oxygen atoms in total. The first-order valence-corrected chi connectivity index (χ1v) is 8.36. The highest BCUT2D eigenvalue weighted by Crippen LogP contribution is 2.25. The molecule has 0 heterocycles. The minimum absolute atomic E-state index is 0.221. The van der Waals surface area contributed by atoms with E-state index >= 15 is 0 Å². The molecule has 2 atom stereocenters. The third-order valence-corrected chi connectivity index (χ3v) is 4.58. The van der Waals surface area contributed by atoms with Crippen molar-refractivity contribution in [3.63, 3.8) is 0 Å². The third kappa shape index (κ3) is 3.78. The first-order valence-electron chi connectivity index (χ1n) is 6.76. The van der Waals surface area contributed by atoms with E-state index in [9.17, 15) is 0 Å². The Bertz CT molecular complexity index is 553. The van der Waals surface area contributed by atoms with Crippen molar-refractivity contribution < 1.29 is 0 Å². The molecule has 2 aromatic carbocycles. The average molecular weight is 306 g/mol. The van der Waals surface area contributed by atoms with Crippen LogP contribution in [-0.2, 0) is 0 Å². The lowest BCUT2D eigenvalue weighted by molar-refractivity contribution is 0.494. The highest BCUT2D eigenvalue weighted by Gasteiger charge is 2.13. The third-order valence-electron chi connectivity index (χ3n) is 3.49. The van der Waals surface area contributed by atoms with Gasteiger partial charge >= 0.3 is 0 Å². The zero-order valence-electron chi connectivity index (χ0n) is 12.1. The molecule has 0 aliphatic carbocycles. The Hall–Kier alpha value is -0.960. The molecule has 0 fully saturated rings. The molecule has 0 saturated carbocycles. The van der Waals surface area contributed by atoms with Crippen LogP contribution in [0.4, 0.5) is 0 Å². The van der Waals surface area contributed by atoms with Gasteiger partial charge in [0.2, 0.25) is 0 Å². The Kier molecular flexibility index (Phi) is 5.53. The van der Waals surface area contributed by atoms with Crippen LogP contribution in [0.15, 0.2) is 53.4 Å². The molecule has 0 bridgehead atoms. The van der Waals surface area contributed by atoms with Gasteiger partial charge in [-0.2, -0.15) is 0 Å². The van der Waals surface area contributed by atoms with E-state index in [1.807, 2.05) is 18.2 Å². The van der Waals surface area contributed by atoms with Crippen LogP contribution < -0.4 is 5.32 Å². The molecule has 0 amide bonds. The van der Waals surface area contributed by atoms with E-state index in [0.29, 0.717) is 0 Å². The molecule has 3 heteroatoms. The van der Waals surface area contributed by atoms with Crippen molar-refractivity contribution in [3.8, 4) is 0 Å². The Morgan fingerprint density at radius 3 is 2.20 bits per heavy atom. The van der Waals surface area contributed by atoms with Gasteiger partial charge in [0, 0.05) is 22.0 Å². The summed E-state index contributed by atoms with van der Waals surface area (Å²) in [5.41, 5.74) is 2.43. The maximum absolute atomic E-state index is 6.25. The largest absolute Gasteiger partial charge is 0.304 e. The highest BCUT2D eigenvalue weighted by atomic mass is 35.5. The van der Waals surface area contributed by atoms with Crippen molar-refractivity contribution in [1.82, 2.24) is 5.32 Å². The fraction of sp³-hybridized carbons (Fsp3) is 0.294. The zero-order valence-corrected chi connectivity index (χ0v) is 13.6. The van der Waals surface area contributed by atoms with E-state index in [-0.39, 0.29) is 12.1 Å². The average Bonchev–Trinajstić information content (AvgIpc) is 2.47. The molecule has 106 valence electrons. The maximum Gasteiger partial charge on any atom is 0.0453 e. The van der Waals surface area contributed by atoms with Gasteiger partial charge in [-0.25, -0.2) is 0 Å². The summed E-state index contributed by atoms with van der Waals surface area (Å²) in [6, 6.07) is 17.2. The monoisotopic (exact) mass is 305 g/mol. The van der Waals surface area contributed by atoms with E-state index in [1.165, 1.54) is 10.5 Å². The van der Waals surface area contributed by atoms with Gasteiger partial charge in [-0.05, 0) is 49.4 Å². The lowest BCUT2D eigenvalue weighted by Crippen LogP contribution is -2.22. The van der Waals surface area contributed by atoms with Crippen molar-refractivity contribution in [1.29, 1.82) is 0 Å². The van der Waals surface area contributed by atoms with Gasteiger partial charge in [0.05, 0.1) is 0 Å². The fourth-order valence-corrected chi connectivity index (χ4v) is 2.99. The van der Waals surface area contributed by atoms with Crippen molar-refractivity contribution in [2.45, 2.75) is 30.8 Å². The second kappa shape index (κ2) is 7.16. The summed E-state index contributed by atoms with van der Waals surface area (Å²) >= 11 is 8.01. The molecular weight excluding hydrogens is 286 g/mol. The number of benzene rings is 2. The van der Waals surface area contributed by atoms with Crippen LogP contribution in [-0.4, -0.2) is 6.26 Å². The molecule has 0 aliphatic heterocycles. The molecule has 1 unspecified atom stereocenters. The lowest BCUT2D eigenvalue weighted by Gasteiger charge is -2.21. The summed E-state index contributed by atoms with van der Waals surface area (Å²) in [7, 11) is 0. The van der Waals surface area contributed by atoms with Crippen molar-refractivity contribution >= 4 is 23.4 Å². The number of hydrogen-bond acceptors (Lipinski definition) is 2. The van der Waals surface area contributed by atoms with E-state index < -0.39 is 0 Å². The zero-order chi connectivity index (χ0) is 14.5. The first-order chi connectivity index (χ1) is 9.61. The molecular formula is C17H20ClNS. The van der Waals surface area contributed by atoms with Crippen LogP contribution >= 0.6 is 23.4 Å². The number of halogens is 1. The minimum Gasteiger partial charge on any atom is -0.304 e. The van der Waals surface area contributed by atoms with Gasteiger partial charge in [-0.15, -0.1) is 11.8 Å². The lowest BCUT2D eigenvalue weighted by atomic mass is 10.0. The van der Waals surface area contributed by atoms with Crippen molar-refractivity contribution in [3.05, 3.63) is 64.7 Å². The molecule has 1 N–H and O–H groups in total. The maximum atomic E-state index is 6.25. The Labute approximate surface area is 130 Å². The standard InChI is InChI=1S/C17H20ClNS/c1-12(14-8-10-15(20-3)11-9-14)19-13(2)16-6-4-5-7-17(16)18/h4-13,19H,1-3H3/t12?,13-/m0/s1. The van der Waals surface area contributed by atoms with Gasteiger partial charge in [-0.3, -0.25) is 0 Å². The summed E-state index contributed by atoms with van der Waals surface area (Å²) in [6.45, 7) is 4.33. The predicted octanol–water partition coefficient (Wildman–Crippen LogP) is 5.47. The molecule has 0 spiro atoms. The Morgan fingerprint density at radius 1 is 0.950 bits per heavy atom. The number of thioether (sulfide) groups is 1. The summed E-state index contributed by atoms with van der Waals surface area (Å²) in [4.78, 5) is 1.29. The highest BCUT2D eigenvalue weighted by molar-refractivity contribution is 7.98. The van der Waals surface area contributed by atoms with Crippen LogP contribution in [0.5, 0.6) is 0 Å². The summed E-state index contributed by atoms with van der Waals surface area (Å²) in [5, 5.41) is 4.42. The first kappa shape index (κ1) is 15.4. The molecule has 0 saturated heterocycles. The van der Waals surface area contributed by atoms with Crippen LogP contribution in [0.2, 0.25) is 5.02 Å².